The summed E-state index contributed by atoms with van der Waals surface area (Å²) in [5.74, 6) is 1.60. The Balaban J connectivity index is 2.33. The van der Waals surface area contributed by atoms with Gasteiger partial charge in [0.05, 0.1) is 0 Å². The van der Waals surface area contributed by atoms with Crippen LogP contribution in [0.15, 0.2) is 0 Å². The summed E-state index contributed by atoms with van der Waals surface area (Å²) in [4.78, 5) is 13.8. The molecule has 2 atom stereocenters. The normalized spacial score (nSPS) is 18.7. The highest BCUT2D eigenvalue weighted by atomic mass is 16.6. The summed E-state index contributed by atoms with van der Waals surface area (Å²) in [5, 5.41) is 12.6. The molecule has 0 aliphatic carbocycles. The molecule has 0 radical (unpaired) electrons. The first-order valence-corrected chi connectivity index (χ1v) is 8.94. The summed E-state index contributed by atoms with van der Waals surface area (Å²) in [7, 11) is 0. The molecular formula is C18H36N2O3. The van der Waals surface area contributed by atoms with Crippen LogP contribution in [-0.4, -0.2) is 54.0 Å². The third-order valence-corrected chi connectivity index (χ3v) is 4.35. The van der Waals surface area contributed by atoms with Crippen LogP contribution in [0, 0.1) is 17.8 Å². The average Bonchev–Trinajstić information content (AvgIpc) is 2.33. The third-order valence-electron chi connectivity index (χ3n) is 4.35. The average molecular weight is 328 g/mol. The van der Waals surface area contributed by atoms with Crippen LogP contribution >= 0.6 is 0 Å². The highest BCUT2D eigenvalue weighted by molar-refractivity contribution is 5.69. The van der Waals surface area contributed by atoms with Gasteiger partial charge in [-0.2, -0.15) is 0 Å². The quantitative estimate of drug-likeness (QED) is 0.719. The van der Waals surface area contributed by atoms with E-state index in [2.05, 4.69) is 26.1 Å². The van der Waals surface area contributed by atoms with Gasteiger partial charge in [0.25, 0.3) is 0 Å². The molecule has 2 unspecified atom stereocenters. The fourth-order valence-corrected chi connectivity index (χ4v) is 2.82. The minimum absolute atomic E-state index is 0.195. The van der Waals surface area contributed by atoms with Crippen LogP contribution in [0.5, 0.6) is 0 Å². The van der Waals surface area contributed by atoms with Gasteiger partial charge in [0.15, 0.2) is 0 Å². The smallest absolute Gasteiger partial charge is 0.410 e. The molecule has 0 aromatic heterocycles. The molecule has 0 saturated carbocycles. The zero-order chi connectivity index (χ0) is 17.6. The standard InChI is InChI=1S/C18H36N2O3/c1-13(2)16(19-10-14(3)7-8-21)9-15-11-20(12-15)17(22)23-18(4,5)6/h13-16,19,21H,7-12H2,1-6H3. The van der Waals surface area contributed by atoms with E-state index in [1.54, 1.807) is 4.90 Å². The van der Waals surface area contributed by atoms with E-state index in [9.17, 15) is 4.79 Å². The molecule has 0 spiro atoms. The lowest BCUT2D eigenvalue weighted by atomic mass is 9.87. The molecule has 1 fully saturated rings. The maximum Gasteiger partial charge on any atom is 0.410 e. The van der Waals surface area contributed by atoms with Crippen molar-refractivity contribution in [2.75, 3.05) is 26.2 Å². The van der Waals surface area contributed by atoms with E-state index >= 15 is 0 Å². The molecule has 0 bridgehead atoms. The van der Waals surface area contributed by atoms with Gasteiger partial charge in [-0.25, -0.2) is 4.79 Å². The molecule has 1 aliphatic heterocycles. The van der Waals surface area contributed by atoms with Crippen LogP contribution < -0.4 is 5.32 Å². The molecule has 1 rings (SSSR count). The lowest BCUT2D eigenvalue weighted by Crippen LogP contribution is -2.53. The molecule has 0 aromatic carbocycles. The highest BCUT2D eigenvalue weighted by Gasteiger charge is 2.35. The second kappa shape index (κ2) is 8.88. The van der Waals surface area contributed by atoms with Gasteiger partial charge < -0.3 is 20.1 Å². The lowest BCUT2D eigenvalue weighted by molar-refractivity contribution is -0.00431. The molecule has 5 heteroatoms. The summed E-state index contributed by atoms with van der Waals surface area (Å²) in [6.45, 7) is 15.1. The number of carbonyl (C=O) groups is 1. The van der Waals surface area contributed by atoms with Crippen LogP contribution in [0.3, 0.4) is 0 Å². The molecule has 1 aliphatic rings. The highest BCUT2D eigenvalue weighted by Crippen LogP contribution is 2.25. The zero-order valence-corrected chi connectivity index (χ0v) is 15.8. The first kappa shape index (κ1) is 20.2. The molecule has 1 heterocycles. The van der Waals surface area contributed by atoms with Crippen LogP contribution in [0.4, 0.5) is 4.79 Å². The fraction of sp³-hybridized carbons (Fsp3) is 0.944. The summed E-state index contributed by atoms with van der Waals surface area (Å²) in [5.41, 5.74) is -0.424. The Hall–Kier alpha value is -0.810. The Morgan fingerprint density at radius 1 is 1.30 bits per heavy atom. The molecule has 136 valence electrons. The van der Waals surface area contributed by atoms with E-state index in [4.69, 9.17) is 9.84 Å². The van der Waals surface area contributed by atoms with Crippen LogP contribution in [-0.2, 0) is 4.74 Å². The Morgan fingerprint density at radius 2 is 1.91 bits per heavy atom. The Morgan fingerprint density at radius 3 is 2.39 bits per heavy atom. The van der Waals surface area contributed by atoms with E-state index in [1.807, 2.05) is 20.8 Å². The monoisotopic (exact) mass is 328 g/mol. The van der Waals surface area contributed by atoms with Crippen molar-refractivity contribution in [2.24, 2.45) is 17.8 Å². The van der Waals surface area contributed by atoms with Crippen molar-refractivity contribution in [1.82, 2.24) is 10.2 Å². The SMILES string of the molecule is CC(CCO)CNC(CC1CN(C(=O)OC(C)(C)C)C1)C(C)C. The number of nitrogens with one attached hydrogen (secondary N) is 1. The number of aliphatic hydroxyl groups is 1. The maximum absolute atomic E-state index is 12.0. The second-order valence-electron chi connectivity index (χ2n) is 8.36. The molecular weight excluding hydrogens is 292 g/mol. The Labute approximate surface area is 141 Å². The van der Waals surface area contributed by atoms with Crippen molar-refractivity contribution in [3.63, 3.8) is 0 Å². The number of ether oxygens (including phenoxy) is 1. The molecule has 5 nitrogen and oxygen atoms in total. The van der Waals surface area contributed by atoms with Gasteiger partial charge in [0, 0.05) is 25.7 Å². The van der Waals surface area contributed by atoms with E-state index in [0.717, 1.165) is 32.5 Å². The predicted octanol–water partition coefficient (Wildman–Crippen LogP) is 2.88. The largest absolute Gasteiger partial charge is 0.444 e. The number of nitrogens with zero attached hydrogens (tertiary/aromatic N) is 1. The maximum atomic E-state index is 12.0. The Bertz CT molecular complexity index is 360. The van der Waals surface area contributed by atoms with E-state index in [0.29, 0.717) is 23.8 Å². The predicted molar refractivity (Wildman–Crippen MR) is 93.4 cm³/mol. The molecule has 23 heavy (non-hydrogen) atoms. The van der Waals surface area contributed by atoms with Gasteiger partial charge in [0.2, 0.25) is 0 Å². The van der Waals surface area contributed by atoms with E-state index < -0.39 is 5.60 Å². The van der Waals surface area contributed by atoms with Crippen LogP contribution in [0.1, 0.15) is 54.4 Å². The number of hydrogen-bond acceptors (Lipinski definition) is 4. The summed E-state index contributed by atoms with van der Waals surface area (Å²) >= 11 is 0. The van der Waals surface area contributed by atoms with E-state index in [-0.39, 0.29) is 12.7 Å². The van der Waals surface area contributed by atoms with E-state index in [1.165, 1.54) is 0 Å². The van der Waals surface area contributed by atoms with Crippen molar-refractivity contribution in [3.8, 4) is 0 Å². The van der Waals surface area contributed by atoms with Crippen LogP contribution in [0.25, 0.3) is 0 Å². The first-order valence-electron chi connectivity index (χ1n) is 8.94. The molecule has 2 N–H and O–H groups in total. The summed E-state index contributed by atoms with van der Waals surface area (Å²) in [6.07, 6.45) is 1.73. The van der Waals surface area contributed by atoms with Crippen molar-refractivity contribution < 1.29 is 14.6 Å². The van der Waals surface area contributed by atoms with Crippen molar-refractivity contribution in [1.29, 1.82) is 0 Å². The topological polar surface area (TPSA) is 61.8 Å². The van der Waals surface area contributed by atoms with Crippen molar-refractivity contribution >= 4 is 6.09 Å². The third kappa shape index (κ3) is 7.53. The molecule has 0 aromatic rings. The minimum Gasteiger partial charge on any atom is -0.444 e. The number of rotatable bonds is 8. The summed E-state index contributed by atoms with van der Waals surface area (Å²) in [6, 6.07) is 0.460. The zero-order valence-electron chi connectivity index (χ0n) is 15.8. The first-order chi connectivity index (χ1) is 10.6. The van der Waals surface area contributed by atoms with Gasteiger partial charge in [-0.1, -0.05) is 20.8 Å². The minimum atomic E-state index is -0.424. The lowest BCUT2D eigenvalue weighted by Gasteiger charge is -2.42. The van der Waals surface area contributed by atoms with Crippen molar-refractivity contribution in [3.05, 3.63) is 0 Å². The van der Waals surface area contributed by atoms with Crippen molar-refractivity contribution in [2.45, 2.75) is 66.0 Å². The summed E-state index contributed by atoms with van der Waals surface area (Å²) < 4.78 is 5.40. The van der Waals surface area contributed by atoms with Gasteiger partial charge >= 0.3 is 6.09 Å². The number of carbonyl (C=O) groups excluding carboxylic acids is 1. The number of hydrogen-bond donors (Lipinski definition) is 2. The Kier molecular flexibility index (Phi) is 7.81. The fourth-order valence-electron chi connectivity index (χ4n) is 2.82. The van der Waals surface area contributed by atoms with Gasteiger partial charge in [-0.3, -0.25) is 0 Å². The molecule has 1 amide bonds. The number of aliphatic hydroxyl groups excluding tert-OH is 1. The number of amides is 1. The number of likely N-dealkylation sites (tertiary alicyclic amines) is 1. The van der Waals surface area contributed by atoms with Crippen LogP contribution in [0.2, 0.25) is 0 Å². The molecule has 1 saturated heterocycles. The van der Waals surface area contributed by atoms with Gasteiger partial charge in [0.1, 0.15) is 5.60 Å². The van der Waals surface area contributed by atoms with Gasteiger partial charge in [-0.15, -0.1) is 0 Å². The van der Waals surface area contributed by atoms with Gasteiger partial charge in [-0.05, 0) is 57.9 Å². The second-order valence-corrected chi connectivity index (χ2v) is 8.36.